The molecule has 1 aromatic rings. The monoisotopic (exact) mass is 427 g/mol. The van der Waals surface area contributed by atoms with Crippen LogP contribution in [0.1, 0.15) is 57.4 Å². The summed E-state index contributed by atoms with van der Waals surface area (Å²) >= 11 is 13.4. The lowest BCUT2D eigenvalue weighted by Gasteiger charge is -2.39. The summed E-state index contributed by atoms with van der Waals surface area (Å²) < 4.78 is 11.1. The van der Waals surface area contributed by atoms with Gasteiger partial charge in [-0.05, 0) is 44.1 Å². The summed E-state index contributed by atoms with van der Waals surface area (Å²) in [7, 11) is 0. The van der Waals surface area contributed by atoms with E-state index < -0.39 is 28.8 Å². The highest BCUT2D eigenvalue weighted by Crippen LogP contribution is 2.60. The van der Waals surface area contributed by atoms with Gasteiger partial charge < -0.3 is 9.47 Å². The molecule has 0 bridgehead atoms. The van der Waals surface area contributed by atoms with Crippen LogP contribution in [0.2, 0.25) is 0 Å². The van der Waals surface area contributed by atoms with E-state index in [9.17, 15) is 9.59 Å². The van der Waals surface area contributed by atoms with Crippen molar-refractivity contribution >= 4 is 35.2 Å². The second-order valence-corrected chi connectivity index (χ2v) is 9.12. The molecule has 2 fully saturated rings. The number of epoxide rings is 1. The quantitative estimate of drug-likeness (QED) is 0.380. The zero-order chi connectivity index (χ0) is 20.2. The minimum Gasteiger partial charge on any atom is -0.416 e. The summed E-state index contributed by atoms with van der Waals surface area (Å²) in [5, 5.41) is 2.09. The number of unbranched alkanes of at least 4 members (excludes halogenated alkanes) is 2. The standard InChI is InChI=1S/C21H27Cl2NO4/c1-15(25)24-19(26)27-18-21(28-18)13-11-17(22)14-20(21,23)12-7-3-6-10-16-8-4-2-5-9-16/h2,4-5,8-9,17-18H,3,6-7,10-14H2,1H3,(H,24,25,26)/t17-,18?,20?,21?/m0/s1. The molecule has 7 heteroatoms. The van der Waals surface area contributed by atoms with E-state index in [1.807, 2.05) is 6.07 Å². The largest absolute Gasteiger partial charge is 0.416 e. The predicted octanol–water partition coefficient (Wildman–Crippen LogP) is 4.93. The molecule has 1 aliphatic carbocycles. The van der Waals surface area contributed by atoms with Crippen LogP contribution in [0.25, 0.3) is 0 Å². The Morgan fingerprint density at radius 3 is 2.71 bits per heavy atom. The fourth-order valence-corrected chi connectivity index (χ4v) is 5.13. The van der Waals surface area contributed by atoms with Crippen LogP contribution in [-0.2, 0) is 20.7 Å². The van der Waals surface area contributed by atoms with Crippen LogP contribution in [0.5, 0.6) is 0 Å². The van der Waals surface area contributed by atoms with Crippen LogP contribution >= 0.6 is 23.2 Å². The lowest BCUT2D eigenvalue weighted by atomic mass is 9.75. The Balaban J connectivity index is 1.51. The Morgan fingerprint density at radius 2 is 2.00 bits per heavy atom. The fraction of sp³-hybridized carbons (Fsp3) is 0.619. The molecule has 4 atom stereocenters. The van der Waals surface area contributed by atoms with Gasteiger partial charge in [0.05, 0.1) is 4.87 Å². The molecule has 3 unspecified atom stereocenters. The number of hydrogen-bond acceptors (Lipinski definition) is 4. The Hall–Kier alpha value is -1.30. The van der Waals surface area contributed by atoms with Gasteiger partial charge in [0.2, 0.25) is 12.2 Å². The van der Waals surface area contributed by atoms with Gasteiger partial charge in [0.1, 0.15) is 0 Å². The van der Waals surface area contributed by atoms with Crippen molar-refractivity contribution in [3.63, 3.8) is 0 Å². The van der Waals surface area contributed by atoms with Crippen molar-refractivity contribution in [3.05, 3.63) is 35.9 Å². The molecule has 2 aliphatic rings. The van der Waals surface area contributed by atoms with E-state index in [1.54, 1.807) is 0 Å². The number of imide groups is 1. The number of benzene rings is 1. The van der Waals surface area contributed by atoms with Crippen LogP contribution in [0.3, 0.4) is 0 Å². The number of carbonyl (C=O) groups is 2. The highest BCUT2D eigenvalue weighted by molar-refractivity contribution is 6.27. The van der Waals surface area contributed by atoms with E-state index in [1.165, 1.54) is 12.5 Å². The maximum atomic E-state index is 11.7. The van der Waals surface area contributed by atoms with Gasteiger partial charge in [-0.2, -0.15) is 0 Å². The third-order valence-corrected chi connectivity index (χ3v) is 6.68. The molecule has 1 saturated carbocycles. The topological polar surface area (TPSA) is 67.9 Å². The third kappa shape index (κ3) is 5.00. The van der Waals surface area contributed by atoms with Crippen LogP contribution in [0.4, 0.5) is 4.79 Å². The molecule has 2 amide bonds. The number of carbonyl (C=O) groups excluding carboxylic acids is 2. The molecular formula is C21H27Cl2NO4. The molecule has 0 radical (unpaired) electrons. The molecule has 1 N–H and O–H groups in total. The van der Waals surface area contributed by atoms with E-state index >= 15 is 0 Å². The van der Waals surface area contributed by atoms with E-state index in [4.69, 9.17) is 32.7 Å². The Morgan fingerprint density at radius 1 is 1.25 bits per heavy atom. The molecule has 3 rings (SSSR count). The number of nitrogens with one attached hydrogen (secondary N) is 1. The SMILES string of the molecule is CC(=O)NC(=O)OC1OC12CC[C@H](Cl)CC2(Cl)CCCCCc1ccccc1. The molecule has 1 saturated heterocycles. The Kier molecular flexibility index (Phi) is 6.89. The van der Waals surface area contributed by atoms with Gasteiger partial charge in [0, 0.05) is 12.3 Å². The number of alkyl carbamates (subject to hydrolysis) is 1. The average Bonchev–Trinajstić information content (AvgIpc) is 3.33. The second kappa shape index (κ2) is 9.02. The van der Waals surface area contributed by atoms with Crippen molar-refractivity contribution in [2.75, 3.05) is 0 Å². The van der Waals surface area contributed by atoms with Crippen molar-refractivity contribution in [2.24, 2.45) is 0 Å². The number of aryl methyl sites for hydroxylation is 1. The Bertz CT molecular complexity index is 701. The fourth-order valence-electron chi connectivity index (χ4n) is 4.13. The van der Waals surface area contributed by atoms with Crippen molar-refractivity contribution in [2.45, 2.75) is 80.4 Å². The minimum absolute atomic E-state index is 0.0108. The van der Waals surface area contributed by atoms with Crippen LogP contribution in [0.15, 0.2) is 30.3 Å². The number of ether oxygens (including phenoxy) is 2. The molecule has 1 heterocycles. The summed E-state index contributed by atoms with van der Waals surface area (Å²) in [6, 6.07) is 10.4. The first-order valence-electron chi connectivity index (χ1n) is 9.88. The number of rotatable bonds is 7. The highest BCUT2D eigenvalue weighted by Gasteiger charge is 2.72. The van der Waals surface area contributed by atoms with Gasteiger partial charge in [-0.1, -0.05) is 43.2 Å². The summed E-state index contributed by atoms with van der Waals surface area (Å²) in [6.07, 6.45) is 5.40. The number of amides is 2. The van der Waals surface area contributed by atoms with Crippen LogP contribution in [0, 0.1) is 0 Å². The zero-order valence-electron chi connectivity index (χ0n) is 16.1. The molecular weight excluding hydrogens is 401 g/mol. The van der Waals surface area contributed by atoms with Gasteiger partial charge in [-0.15, -0.1) is 23.2 Å². The van der Waals surface area contributed by atoms with Gasteiger partial charge >= 0.3 is 6.09 Å². The molecule has 1 aromatic carbocycles. The summed E-state index contributed by atoms with van der Waals surface area (Å²) in [5.41, 5.74) is 0.640. The highest BCUT2D eigenvalue weighted by atomic mass is 35.5. The molecule has 0 aromatic heterocycles. The average molecular weight is 428 g/mol. The first-order valence-corrected chi connectivity index (χ1v) is 10.7. The first kappa shape index (κ1) is 21.4. The number of alkyl halides is 2. The summed E-state index contributed by atoms with van der Waals surface area (Å²) in [5.74, 6) is -0.472. The molecule has 1 aliphatic heterocycles. The minimum atomic E-state index is -0.802. The maximum absolute atomic E-state index is 11.7. The van der Waals surface area contributed by atoms with E-state index in [0.717, 1.165) is 38.5 Å². The lowest BCUT2D eigenvalue weighted by molar-refractivity contribution is -0.118. The van der Waals surface area contributed by atoms with Crippen LogP contribution < -0.4 is 5.32 Å². The van der Waals surface area contributed by atoms with Crippen molar-refractivity contribution < 1.29 is 19.1 Å². The third-order valence-electron chi connectivity index (χ3n) is 5.65. The number of halogens is 2. The van der Waals surface area contributed by atoms with Gasteiger partial charge in [0.25, 0.3) is 0 Å². The van der Waals surface area contributed by atoms with E-state index in [0.29, 0.717) is 12.8 Å². The number of hydrogen-bond donors (Lipinski definition) is 1. The van der Waals surface area contributed by atoms with Gasteiger partial charge in [0.15, 0.2) is 5.60 Å². The molecule has 154 valence electrons. The van der Waals surface area contributed by atoms with Crippen molar-refractivity contribution in [3.8, 4) is 0 Å². The maximum Gasteiger partial charge on any atom is 0.416 e. The summed E-state index contributed by atoms with van der Waals surface area (Å²) in [4.78, 5) is 22.1. The normalized spacial score (nSPS) is 31.4. The van der Waals surface area contributed by atoms with Crippen LogP contribution in [-0.4, -0.2) is 34.1 Å². The molecule has 28 heavy (non-hydrogen) atoms. The lowest BCUT2D eigenvalue weighted by Crippen LogP contribution is -2.48. The van der Waals surface area contributed by atoms with Crippen molar-refractivity contribution in [1.29, 1.82) is 0 Å². The van der Waals surface area contributed by atoms with Crippen molar-refractivity contribution in [1.82, 2.24) is 5.32 Å². The van der Waals surface area contributed by atoms with Gasteiger partial charge in [-0.25, -0.2) is 4.79 Å². The zero-order valence-corrected chi connectivity index (χ0v) is 17.6. The predicted molar refractivity (Wildman–Crippen MR) is 109 cm³/mol. The smallest absolute Gasteiger partial charge is 0.416 e. The second-order valence-electron chi connectivity index (χ2n) is 7.78. The van der Waals surface area contributed by atoms with Gasteiger partial charge in [-0.3, -0.25) is 10.1 Å². The molecule has 1 spiro atoms. The molecule has 5 nitrogen and oxygen atoms in total. The van der Waals surface area contributed by atoms with E-state index in [-0.39, 0.29) is 5.38 Å². The first-order chi connectivity index (χ1) is 13.3. The summed E-state index contributed by atoms with van der Waals surface area (Å²) in [6.45, 7) is 1.25. The van der Waals surface area contributed by atoms with E-state index in [2.05, 4.69) is 29.6 Å². The Labute approximate surface area is 176 Å².